The highest BCUT2D eigenvalue weighted by Crippen LogP contribution is 2.00. The molecule has 0 spiro atoms. The smallest absolute Gasteiger partial charge is 0.303 e. The first kappa shape index (κ1) is 11.9. The summed E-state index contributed by atoms with van der Waals surface area (Å²) in [4.78, 5) is 21.4. The van der Waals surface area contributed by atoms with E-state index in [-0.39, 0.29) is 24.2 Å². The van der Waals surface area contributed by atoms with E-state index in [1.807, 2.05) is 0 Å². The number of carboxylic acid groups (broad SMARTS) is 1. The maximum absolute atomic E-state index is 11.1. The zero-order chi connectivity index (χ0) is 10.4. The fourth-order valence-corrected chi connectivity index (χ4v) is 0.849. The van der Waals surface area contributed by atoms with E-state index >= 15 is 0 Å². The number of hydrogen-bond acceptors (Lipinski definition) is 2. The van der Waals surface area contributed by atoms with E-state index in [1.54, 1.807) is 20.8 Å². The average Bonchev–Trinajstić information content (AvgIpc) is 1.98. The molecule has 0 rings (SSSR count). The second-order valence-electron chi connectivity index (χ2n) is 3.60. The fourth-order valence-electron chi connectivity index (χ4n) is 0.849. The van der Waals surface area contributed by atoms with Crippen molar-refractivity contribution in [2.45, 2.75) is 27.2 Å². The van der Waals surface area contributed by atoms with Gasteiger partial charge in [0.2, 0.25) is 5.91 Å². The topological polar surface area (TPSA) is 66.4 Å². The molecule has 13 heavy (non-hydrogen) atoms. The zero-order valence-corrected chi connectivity index (χ0v) is 8.33. The molecule has 4 heteroatoms. The second kappa shape index (κ2) is 5.56. The Labute approximate surface area is 78.3 Å². The van der Waals surface area contributed by atoms with Crippen molar-refractivity contribution in [1.82, 2.24) is 5.32 Å². The highest BCUT2D eigenvalue weighted by atomic mass is 16.4. The largest absolute Gasteiger partial charge is 0.481 e. The summed E-state index contributed by atoms with van der Waals surface area (Å²) in [6.07, 6.45) is 0.0956. The number of nitrogens with one attached hydrogen (secondary N) is 1. The van der Waals surface area contributed by atoms with E-state index in [1.165, 1.54) is 0 Å². The Morgan fingerprint density at radius 3 is 2.23 bits per heavy atom. The Balaban J connectivity index is 3.63. The van der Waals surface area contributed by atoms with Gasteiger partial charge in [-0.05, 0) is 5.92 Å². The molecule has 4 nitrogen and oxygen atoms in total. The third-order valence-electron chi connectivity index (χ3n) is 1.67. The molecule has 0 fully saturated rings. The minimum absolute atomic E-state index is 0.0137. The van der Waals surface area contributed by atoms with Crippen LogP contribution in [-0.2, 0) is 9.59 Å². The molecule has 0 aromatic rings. The average molecular weight is 187 g/mol. The van der Waals surface area contributed by atoms with Crippen molar-refractivity contribution < 1.29 is 14.7 Å². The van der Waals surface area contributed by atoms with Gasteiger partial charge in [0.15, 0.2) is 0 Å². The van der Waals surface area contributed by atoms with Crippen LogP contribution < -0.4 is 5.32 Å². The van der Waals surface area contributed by atoms with E-state index in [0.29, 0.717) is 6.54 Å². The van der Waals surface area contributed by atoms with Crippen LogP contribution in [0.5, 0.6) is 0 Å². The fraction of sp³-hybridized carbons (Fsp3) is 0.778. The van der Waals surface area contributed by atoms with Gasteiger partial charge in [-0.1, -0.05) is 20.8 Å². The highest BCUT2D eigenvalue weighted by Gasteiger charge is 2.10. The number of carbonyl (C=O) groups excluding carboxylic acids is 1. The van der Waals surface area contributed by atoms with E-state index in [9.17, 15) is 9.59 Å². The molecule has 0 heterocycles. The van der Waals surface area contributed by atoms with Crippen LogP contribution in [0.3, 0.4) is 0 Å². The molecule has 0 aliphatic carbocycles. The molecule has 1 unspecified atom stereocenters. The first-order valence-corrected chi connectivity index (χ1v) is 4.43. The van der Waals surface area contributed by atoms with Crippen molar-refractivity contribution in [2.24, 2.45) is 11.8 Å². The summed E-state index contributed by atoms with van der Waals surface area (Å²) in [7, 11) is 0. The Bertz CT molecular complexity index is 189. The van der Waals surface area contributed by atoms with Gasteiger partial charge in [0, 0.05) is 18.9 Å². The lowest BCUT2D eigenvalue weighted by Crippen LogP contribution is -2.32. The normalized spacial score (nSPS) is 12.6. The molecule has 0 saturated heterocycles. The molecular formula is C9H17NO3. The van der Waals surface area contributed by atoms with E-state index in [4.69, 9.17) is 5.11 Å². The Morgan fingerprint density at radius 2 is 1.85 bits per heavy atom. The summed E-state index contributed by atoms with van der Waals surface area (Å²) in [6.45, 7) is 5.84. The van der Waals surface area contributed by atoms with Gasteiger partial charge in [0.25, 0.3) is 0 Å². The van der Waals surface area contributed by atoms with Crippen molar-refractivity contribution >= 4 is 11.9 Å². The molecular weight excluding hydrogens is 170 g/mol. The first-order valence-electron chi connectivity index (χ1n) is 4.43. The lowest BCUT2D eigenvalue weighted by atomic mass is 10.1. The van der Waals surface area contributed by atoms with Crippen molar-refractivity contribution in [2.75, 3.05) is 6.54 Å². The minimum atomic E-state index is -0.828. The summed E-state index contributed by atoms with van der Waals surface area (Å²) in [5.74, 6) is -0.916. The quantitative estimate of drug-likeness (QED) is 0.671. The van der Waals surface area contributed by atoms with Crippen LogP contribution in [0.25, 0.3) is 0 Å². The van der Waals surface area contributed by atoms with Crippen LogP contribution in [0.1, 0.15) is 27.2 Å². The van der Waals surface area contributed by atoms with Crippen LogP contribution in [0.2, 0.25) is 0 Å². The van der Waals surface area contributed by atoms with Gasteiger partial charge in [-0.15, -0.1) is 0 Å². The molecule has 0 aliphatic rings. The van der Waals surface area contributed by atoms with Gasteiger partial charge in [-0.2, -0.15) is 0 Å². The minimum Gasteiger partial charge on any atom is -0.481 e. The van der Waals surface area contributed by atoms with Gasteiger partial charge < -0.3 is 10.4 Å². The number of amides is 1. The number of aliphatic carboxylic acids is 1. The zero-order valence-electron chi connectivity index (χ0n) is 8.33. The summed E-state index contributed by atoms with van der Waals surface area (Å²) in [5, 5.41) is 11.1. The molecule has 0 saturated carbocycles. The van der Waals surface area contributed by atoms with Crippen LogP contribution in [-0.4, -0.2) is 23.5 Å². The van der Waals surface area contributed by atoms with Crippen molar-refractivity contribution in [3.05, 3.63) is 0 Å². The number of rotatable bonds is 5. The molecule has 0 aromatic carbocycles. The standard InChI is InChI=1S/C9H17NO3/c1-6(2)9(13)10-5-7(3)4-8(11)12/h6-7H,4-5H2,1-3H3,(H,10,13)(H,11,12). The molecule has 0 aliphatic heterocycles. The molecule has 2 N–H and O–H groups in total. The number of hydrogen-bond donors (Lipinski definition) is 2. The van der Waals surface area contributed by atoms with Gasteiger partial charge in [-0.3, -0.25) is 9.59 Å². The van der Waals surface area contributed by atoms with Gasteiger partial charge in [0.05, 0.1) is 0 Å². The molecule has 0 aromatic heterocycles. The summed E-state index contributed by atoms with van der Waals surface area (Å²) in [5.41, 5.74) is 0. The predicted octanol–water partition coefficient (Wildman–Crippen LogP) is 0.869. The lowest BCUT2D eigenvalue weighted by molar-refractivity contribution is -0.138. The van der Waals surface area contributed by atoms with Gasteiger partial charge in [0.1, 0.15) is 0 Å². The first-order chi connectivity index (χ1) is 5.93. The maximum Gasteiger partial charge on any atom is 0.303 e. The molecule has 0 bridgehead atoms. The number of carbonyl (C=O) groups is 2. The van der Waals surface area contributed by atoms with Crippen LogP contribution in [0.4, 0.5) is 0 Å². The SMILES string of the molecule is CC(CNC(=O)C(C)C)CC(=O)O. The van der Waals surface area contributed by atoms with Crippen LogP contribution in [0, 0.1) is 11.8 Å². The van der Waals surface area contributed by atoms with E-state index in [0.717, 1.165) is 0 Å². The summed E-state index contributed by atoms with van der Waals surface area (Å²) < 4.78 is 0. The Hall–Kier alpha value is -1.06. The molecule has 1 atom stereocenters. The van der Waals surface area contributed by atoms with Crippen molar-refractivity contribution in [3.8, 4) is 0 Å². The Kier molecular flexibility index (Phi) is 5.11. The van der Waals surface area contributed by atoms with Crippen LogP contribution in [0.15, 0.2) is 0 Å². The van der Waals surface area contributed by atoms with Crippen LogP contribution >= 0.6 is 0 Å². The lowest BCUT2D eigenvalue weighted by Gasteiger charge is -2.11. The van der Waals surface area contributed by atoms with E-state index < -0.39 is 5.97 Å². The highest BCUT2D eigenvalue weighted by molar-refractivity contribution is 5.77. The predicted molar refractivity (Wildman–Crippen MR) is 49.3 cm³/mol. The third-order valence-corrected chi connectivity index (χ3v) is 1.67. The van der Waals surface area contributed by atoms with Gasteiger partial charge >= 0.3 is 5.97 Å². The van der Waals surface area contributed by atoms with Crippen molar-refractivity contribution in [1.29, 1.82) is 0 Å². The number of carboxylic acids is 1. The van der Waals surface area contributed by atoms with E-state index in [2.05, 4.69) is 5.32 Å². The third kappa shape index (κ3) is 6.13. The van der Waals surface area contributed by atoms with Crippen molar-refractivity contribution in [3.63, 3.8) is 0 Å². The summed E-state index contributed by atoms with van der Waals surface area (Å²) >= 11 is 0. The molecule has 0 radical (unpaired) electrons. The second-order valence-corrected chi connectivity index (χ2v) is 3.60. The summed E-state index contributed by atoms with van der Waals surface area (Å²) in [6, 6.07) is 0. The molecule has 1 amide bonds. The van der Waals surface area contributed by atoms with Gasteiger partial charge in [-0.25, -0.2) is 0 Å². The molecule has 76 valence electrons. The monoisotopic (exact) mass is 187 g/mol. The Morgan fingerprint density at radius 1 is 1.31 bits per heavy atom. The maximum atomic E-state index is 11.1.